The van der Waals surface area contributed by atoms with Gasteiger partial charge >= 0.3 is 0 Å². The van der Waals surface area contributed by atoms with Gasteiger partial charge in [0.15, 0.2) is 5.11 Å². The molecule has 0 bridgehead atoms. The second-order valence-corrected chi connectivity index (χ2v) is 8.73. The second-order valence-electron chi connectivity index (χ2n) is 7.48. The molecule has 156 valence electrons. The zero-order valence-electron chi connectivity index (χ0n) is 17.0. The van der Waals surface area contributed by atoms with E-state index in [1.54, 1.807) is 12.1 Å². The molecule has 1 aliphatic heterocycles. The van der Waals surface area contributed by atoms with E-state index in [9.17, 15) is 0 Å². The first kappa shape index (κ1) is 22.2. The van der Waals surface area contributed by atoms with Crippen molar-refractivity contribution in [3.63, 3.8) is 0 Å². The van der Waals surface area contributed by atoms with Crippen molar-refractivity contribution in [3.05, 3.63) is 57.6 Å². The van der Waals surface area contributed by atoms with Crippen molar-refractivity contribution in [2.75, 3.05) is 49.5 Å². The van der Waals surface area contributed by atoms with E-state index in [4.69, 9.17) is 35.4 Å². The molecule has 4 nitrogen and oxygen atoms in total. The van der Waals surface area contributed by atoms with Crippen molar-refractivity contribution in [3.8, 4) is 0 Å². The van der Waals surface area contributed by atoms with E-state index < -0.39 is 0 Å². The van der Waals surface area contributed by atoms with Gasteiger partial charge in [0.05, 0.1) is 10.7 Å². The minimum atomic E-state index is 0.559. The lowest BCUT2D eigenvalue weighted by Crippen LogP contribution is -2.47. The Balaban J connectivity index is 1.35. The highest BCUT2D eigenvalue weighted by molar-refractivity contribution is 7.80. The third-order valence-corrected chi connectivity index (χ3v) is 5.99. The van der Waals surface area contributed by atoms with Crippen LogP contribution in [0.15, 0.2) is 36.4 Å². The summed E-state index contributed by atoms with van der Waals surface area (Å²) in [4.78, 5) is 5.03. The van der Waals surface area contributed by atoms with Crippen LogP contribution < -0.4 is 15.5 Å². The minimum Gasteiger partial charge on any atom is -0.369 e. The highest BCUT2D eigenvalue weighted by atomic mass is 35.5. The van der Waals surface area contributed by atoms with Gasteiger partial charge in [-0.3, -0.25) is 4.90 Å². The van der Waals surface area contributed by atoms with E-state index in [0.29, 0.717) is 15.2 Å². The van der Waals surface area contributed by atoms with Crippen LogP contribution in [0, 0.1) is 13.8 Å². The summed E-state index contributed by atoms with van der Waals surface area (Å²) in [5, 5.41) is 8.12. The van der Waals surface area contributed by atoms with Gasteiger partial charge in [-0.25, -0.2) is 0 Å². The van der Waals surface area contributed by atoms with E-state index in [1.165, 1.54) is 16.8 Å². The van der Waals surface area contributed by atoms with Crippen molar-refractivity contribution in [1.82, 2.24) is 10.2 Å². The van der Waals surface area contributed by atoms with Gasteiger partial charge in [-0.15, -0.1) is 0 Å². The first-order valence-electron chi connectivity index (χ1n) is 9.97. The van der Waals surface area contributed by atoms with Crippen molar-refractivity contribution in [2.45, 2.75) is 20.3 Å². The summed E-state index contributed by atoms with van der Waals surface area (Å²) in [6.07, 6.45) is 1.04. The summed E-state index contributed by atoms with van der Waals surface area (Å²) in [6, 6.07) is 12.0. The number of hydrogen-bond acceptors (Lipinski definition) is 3. The lowest BCUT2D eigenvalue weighted by Gasteiger charge is -2.37. The normalized spacial score (nSPS) is 14.7. The molecule has 7 heteroatoms. The summed E-state index contributed by atoms with van der Waals surface area (Å²) >= 11 is 17.4. The maximum Gasteiger partial charge on any atom is 0.170 e. The van der Waals surface area contributed by atoms with Gasteiger partial charge in [-0.1, -0.05) is 35.3 Å². The number of anilines is 2. The number of thiocarbonyl (C=S) groups is 1. The fourth-order valence-corrected chi connectivity index (χ4v) is 4.20. The predicted molar refractivity (Wildman–Crippen MR) is 130 cm³/mol. The first-order chi connectivity index (χ1) is 13.9. The van der Waals surface area contributed by atoms with E-state index in [0.717, 1.165) is 51.4 Å². The molecule has 3 rings (SSSR count). The first-order valence-corrected chi connectivity index (χ1v) is 11.1. The number of nitrogens with one attached hydrogen (secondary N) is 2. The molecule has 2 aromatic carbocycles. The molecular weight excluding hydrogens is 423 g/mol. The van der Waals surface area contributed by atoms with Gasteiger partial charge in [0.2, 0.25) is 0 Å². The van der Waals surface area contributed by atoms with Crippen LogP contribution in [-0.2, 0) is 0 Å². The molecular formula is C22H28Cl2N4S. The monoisotopic (exact) mass is 450 g/mol. The number of aryl methyl sites for hydroxylation is 2. The van der Waals surface area contributed by atoms with Gasteiger partial charge in [0, 0.05) is 43.4 Å². The molecule has 1 aliphatic rings. The lowest BCUT2D eigenvalue weighted by atomic mass is 10.1. The molecule has 1 fully saturated rings. The zero-order valence-corrected chi connectivity index (χ0v) is 19.3. The quantitative estimate of drug-likeness (QED) is 0.471. The molecule has 0 aromatic heterocycles. The summed E-state index contributed by atoms with van der Waals surface area (Å²) in [7, 11) is 0. The smallest absolute Gasteiger partial charge is 0.170 e. The minimum absolute atomic E-state index is 0.559. The van der Waals surface area contributed by atoms with E-state index in [-0.39, 0.29) is 0 Å². The van der Waals surface area contributed by atoms with Gasteiger partial charge in [0.1, 0.15) is 0 Å². The van der Waals surface area contributed by atoms with Crippen LogP contribution in [0.4, 0.5) is 11.4 Å². The average Bonchev–Trinajstić information content (AvgIpc) is 2.70. The second kappa shape index (κ2) is 10.5. The van der Waals surface area contributed by atoms with Gasteiger partial charge in [0.25, 0.3) is 0 Å². The van der Waals surface area contributed by atoms with Crippen LogP contribution in [0.25, 0.3) is 0 Å². The summed E-state index contributed by atoms with van der Waals surface area (Å²) < 4.78 is 0. The molecule has 0 saturated carbocycles. The van der Waals surface area contributed by atoms with E-state index in [2.05, 4.69) is 52.5 Å². The molecule has 0 spiro atoms. The average molecular weight is 451 g/mol. The Labute approximate surface area is 189 Å². The Bertz CT molecular complexity index is 851. The third kappa shape index (κ3) is 6.48. The summed E-state index contributed by atoms with van der Waals surface area (Å²) in [6.45, 7) is 10.6. The molecule has 0 aliphatic carbocycles. The van der Waals surface area contributed by atoms with Crippen LogP contribution >= 0.6 is 35.4 Å². The molecule has 1 heterocycles. The van der Waals surface area contributed by atoms with E-state index >= 15 is 0 Å². The molecule has 1 saturated heterocycles. The molecule has 0 amide bonds. The molecule has 0 atom stereocenters. The molecule has 29 heavy (non-hydrogen) atoms. The number of piperazine rings is 1. The van der Waals surface area contributed by atoms with Crippen molar-refractivity contribution in [2.24, 2.45) is 0 Å². The Morgan fingerprint density at radius 1 is 1.03 bits per heavy atom. The maximum absolute atomic E-state index is 6.17. The van der Waals surface area contributed by atoms with Crippen molar-refractivity contribution < 1.29 is 0 Å². The Morgan fingerprint density at radius 3 is 2.52 bits per heavy atom. The zero-order chi connectivity index (χ0) is 20.8. The summed E-state index contributed by atoms with van der Waals surface area (Å²) in [5.41, 5.74) is 4.82. The van der Waals surface area contributed by atoms with Crippen LogP contribution in [0.2, 0.25) is 10.0 Å². The predicted octanol–water partition coefficient (Wildman–Crippen LogP) is 5.11. The van der Waals surface area contributed by atoms with Crippen LogP contribution in [0.1, 0.15) is 17.5 Å². The van der Waals surface area contributed by atoms with Crippen molar-refractivity contribution >= 4 is 51.9 Å². The molecule has 2 aromatic rings. The summed E-state index contributed by atoms with van der Waals surface area (Å²) in [5.74, 6) is 0. The van der Waals surface area contributed by atoms with Crippen LogP contribution in [-0.4, -0.2) is 49.3 Å². The van der Waals surface area contributed by atoms with Gasteiger partial charge in [-0.05, 0) is 74.4 Å². The Hall–Kier alpha value is -1.53. The van der Waals surface area contributed by atoms with E-state index in [1.807, 2.05) is 6.07 Å². The number of benzene rings is 2. The van der Waals surface area contributed by atoms with Gasteiger partial charge < -0.3 is 15.5 Å². The highest BCUT2D eigenvalue weighted by Gasteiger charge is 2.18. The molecule has 0 radical (unpaired) electrons. The van der Waals surface area contributed by atoms with Crippen LogP contribution in [0.3, 0.4) is 0 Å². The Morgan fingerprint density at radius 2 is 1.79 bits per heavy atom. The highest BCUT2D eigenvalue weighted by Crippen LogP contribution is 2.25. The topological polar surface area (TPSA) is 30.5 Å². The SMILES string of the molecule is Cc1ccc(C)c(N2CCN(CCCNC(=S)Nc3ccc(Cl)cc3Cl)CC2)c1. The third-order valence-electron chi connectivity index (χ3n) is 5.19. The Kier molecular flexibility index (Phi) is 8.01. The fourth-order valence-electron chi connectivity index (χ4n) is 3.53. The number of halogens is 2. The maximum atomic E-state index is 6.17. The fraction of sp³-hybridized carbons (Fsp3) is 0.409. The number of rotatable bonds is 6. The number of nitrogens with zero attached hydrogens (tertiary/aromatic N) is 2. The number of hydrogen-bond donors (Lipinski definition) is 2. The molecule has 2 N–H and O–H groups in total. The largest absolute Gasteiger partial charge is 0.369 e. The van der Waals surface area contributed by atoms with Crippen LogP contribution in [0.5, 0.6) is 0 Å². The van der Waals surface area contributed by atoms with Gasteiger partial charge in [-0.2, -0.15) is 0 Å². The standard InChI is InChI=1S/C22H28Cl2N4S/c1-16-4-5-17(2)21(14-16)28-12-10-27(11-13-28)9-3-8-25-22(29)26-20-7-6-18(23)15-19(20)24/h4-7,14-15H,3,8-13H2,1-2H3,(H2,25,26,29). The van der Waals surface area contributed by atoms with Crippen molar-refractivity contribution in [1.29, 1.82) is 0 Å². The molecule has 0 unspecified atom stereocenters. The lowest BCUT2D eigenvalue weighted by molar-refractivity contribution is 0.255.